The number of nitrogens with zero attached hydrogens (tertiary/aromatic N) is 2. The Morgan fingerprint density at radius 2 is 1.62 bits per heavy atom. The summed E-state index contributed by atoms with van der Waals surface area (Å²) in [6, 6.07) is 19.6. The molecule has 2 amide bonds. The van der Waals surface area contributed by atoms with Gasteiger partial charge in [0.1, 0.15) is 18.4 Å². The SMILES string of the molecule is CCNC(=O)C(CC)N(Cc1ccc(F)cc1)C(=O)CN(c1cccc(C)c1)S(=O)(=O)c1ccccc1. The number of halogens is 1. The summed E-state index contributed by atoms with van der Waals surface area (Å²) < 4.78 is 42.0. The molecule has 0 saturated heterocycles. The summed E-state index contributed by atoms with van der Waals surface area (Å²) in [4.78, 5) is 28.1. The third kappa shape index (κ3) is 6.95. The second kappa shape index (κ2) is 12.5. The fourth-order valence-electron chi connectivity index (χ4n) is 4.03. The third-order valence-corrected chi connectivity index (χ3v) is 7.69. The van der Waals surface area contributed by atoms with Crippen molar-refractivity contribution in [1.29, 1.82) is 0 Å². The van der Waals surface area contributed by atoms with Gasteiger partial charge in [-0.1, -0.05) is 49.4 Å². The van der Waals surface area contributed by atoms with Crippen LogP contribution < -0.4 is 9.62 Å². The Morgan fingerprint density at radius 1 is 0.946 bits per heavy atom. The van der Waals surface area contributed by atoms with Crippen molar-refractivity contribution in [2.24, 2.45) is 0 Å². The Hall–Kier alpha value is -3.72. The molecular formula is C28H32FN3O4S. The molecule has 3 aromatic carbocycles. The maximum absolute atomic E-state index is 13.8. The van der Waals surface area contributed by atoms with E-state index in [2.05, 4.69) is 5.32 Å². The standard InChI is InChI=1S/C28H32FN3O4S/c1-4-26(28(34)30-5-2)31(19-22-14-16-23(29)17-15-22)27(33)20-32(24-11-9-10-21(3)18-24)37(35,36)25-12-7-6-8-13-25/h6-18,26H,4-5,19-20H2,1-3H3,(H,30,34). The van der Waals surface area contributed by atoms with Crippen LogP contribution in [0.1, 0.15) is 31.4 Å². The molecular weight excluding hydrogens is 493 g/mol. The van der Waals surface area contributed by atoms with Gasteiger partial charge < -0.3 is 10.2 Å². The average Bonchev–Trinajstić information content (AvgIpc) is 2.88. The van der Waals surface area contributed by atoms with Gasteiger partial charge >= 0.3 is 0 Å². The zero-order chi connectivity index (χ0) is 27.0. The van der Waals surface area contributed by atoms with Crippen LogP contribution in [0.25, 0.3) is 0 Å². The Kier molecular flexibility index (Phi) is 9.41. The van der Waals surface area contributed by atoms with E-state index >= 15 is 0 Å². The fourth-order valence-corrected chi connectivity index (χ4v) is 5.46. The fraction of sp³-hybridized carbons (Fsp3) is 0.286. The molecule has 0 aromatic heterocycles. The molecule has 1 unspecified atom stereocenters. The van der Waals surface area contributed by atoms with Gasteiger partial charge in [0.25, 0.3) is 10.0 Å². The summed E-state index contributed by atoms with van der Waals surface area (Å²) in [7, 11) is -4.11. The van der Waals surface area contributed by atoms with Crippen molar-refractivity contribution in [3.63, 3.8) is 0 Å². The minimum Gasteiger partial charge on any atom is -0.355 e. The highest BCUT2D eigenvalue weighted by molar-refractivity contribution is 7.92. The molecule has 3 rings (SSSR count). The molecule has 1 N–H and O–H groups in total. The van der Waals surface area contributed by atoms with Gasteiger partial charge in [-0.15, -0.1) is 0 Å². The number of rotatable bonds is 11. The molecule has 7 nitrogen and oxygen atoms in total. The first kappa shape index (κ1) is 27.9. The van der Waals surface area contributed by atoms with E-state index in [4.69, 9.17) is 0 Å². The van der Waals surface area contributed by atoms with E-state index in [1.165, 1.54) is 29.2 Å². The molecule has 0 bridgehead atoms. The van der Waals surface area contributed by atoms with Crippen LogP contribution in [0.4, 0.5) is 10.1 Å². The van der Waals surface area contributed by atoms with Crippen molar-refractivity contribution in [2.75, 3.05) is 17.4 Å². The highest BCUT2D eigenvalue weighted by Crippen LogP contribution is 2.25. The maximum atomic E-state index is 13.8. The number of benzene rings is 3. The second-order valence-electron chi connectivity index (χ2n) is 8.63. The number of amides is 2. The number of aryl methyl sites for hydroxylation is 1. The number of hydrogen-bond donors (Lipinski definition) is 1. The Labute approximate surface area is 218 Å². The summed E-state index contributed by atoms with van der Waals surface area (Å²) in [5.41, 5.74) is 1.78. The van der Waals surface area contributed by atoms with E-state index in [1.54, 1.807) is 62.4 Å². The lowest BCUT2D eigenvalue weighted by atomic mass is 10.1. The summed E-state index contributed by atoms with van der Waals surface area (Å²) in [6.45, 7) is 5.28. The summed E-state index contributed by atoms with van der Waals surface area (Å²) in [6.07, 6.45) is 0.314. The van der Waals surface area contributed by atoms with E-state index in [0.717, 1.165) is 9.87 Å². The highest BCUT2D eigenvalue weighted by atomic mass is 32.2. The molecule has 0 aliphatic rings. The van der Waals surface area contributed by atoms with Crippen LogP contribution in [-0.4, -0.2) is 44.3 Å². The van der Waals surface area contributed by atoms with Crippen molar-refractivity contribution >= 4 is 27.5 Å². The summed E-state index contributed by atoms with van der Waals surface area (Å²) >= 11 is 0. The minimum atomic E-state index is -4.11. The van der Waals surface area contributed by atoms with E-state index in [1.807, 2.05) is 13.0 Å². The summed E-state index contributed by atoms with van der Waals surface area (Å²) in [5.74, 6) is -1.31. The number of carbonyl (C=O) groups is 2. The summed E-state index contributed by atoms with van der Waals surface area (Å²) in [5, 5.41) is 2.75. The van der Waals surface area contributed by atoms with Crippen LogP contribution in [0.2, 0.25) is 0 Å². The Bertz CT molecular complexity index is 1310. The Balaban J connectivity index is 2.04. The first-order valence-corrected chi connectivity index (χ1v) is 13.6. The molecule has 0 fully saturated rings. The number of nitrogens with one attached hydrogen (secondary N) is 1. The molecule has 0 heterocycles. The van der Waals surface area contributed by atoms with Crippen molar-refractivity contribution < 1.29 is 22.4 Å². The number of sulfonamides is 1. The molecule has 0 aliphatic heterocycles. The molecule has 37 heavy (non-hydrogen) atoms. The number of likely N-dealkylation sites (N-methyl/N-ethyl adjacent to an activating group) is 1. The molecule has 0 aliphatic carbocycles. The lowest BCUT2D eigenvalue weighted by molar-refractivity contribution is -0.140. The van der Waals surface area contributed by atoms with Gasteiger partial charge in [0, 0.05) is 13.1 Å². The molecule has 0 saturated carbocycles. The van der Waals surface area contributed by atoms with Gasteiger partial charge in [-0.3, -0.25) is 13.9 Å². The second-order valence-corrected chi connectivity index (χ2v) is 10.5. The molecule has 1 atom stereocenters. The van der Waals surface area contributed by atoms with Crippen LogP contribution >= 0.6 is 0 Å². The van der Waals surface area contributed by atoms with Crippen LogP contribution in [0.3, 0.4) is 0 Å². The third-order valence-electron chi connectivity index (χ3n) is 5.90. The predicted molar refractivity (Wildman–Crippen MR) is 142 cm³/mol. The molecule has 0 radical (unpaired) electrons. The smallest absolute Gasteiger partial charge is 0.264 e. The van der Waals surface area contributed by atoms with Crippen LogP contribution in [0.15, 0.2) is 83.8 Å². The van der Waals surface area contributed by atoms with Crippen molar-refractivity contribution in [1.82, 2.24) is 10.2 Å². The van der Waals surface area contributed by atoms with Crippen molar-refractivity contribution in [3.8, 4) is 0 Å². The van der Waals surface area contributed by atoms with Crippen molar-refractivity contribution in [2.45, 2.75) is 44.7 Å². The first-order chi connectivity index (χ1) is 17.7. The lowest BCUT2D eigenvalue weighted by Gasteiger charge is -2.33. The van der Waals surface area contributed by atoms with E-state index in [-0.39, 0.29) is 17.3 Å². The monoisotopic (exact) mass is 525 g/mol. The lowest BCUT2D eigenvalue weighted by Crippen LogP contribution is -2.52. The van der Waals surface area contributed by atoms with E-state index in [0.29, 0.717) is 24.2 Å². The predicted octanol–water partition coefficient (Wildman–Crippen LogP) is 4.27. The topological polar surface area (TPSA) is 86.8 Å². The van der Waals surface area contributed by atoms with Gasteiger partial charge in [0.15, 0.2) is 0 Å². The first-order valence-electron chi connectivity index (χ1n) is 12.1. The zero-order valence-electron chi connectivity index (χ0n) is 21.2. The molecule has 196 valence electrons. The van der Waals surface area contributed by atoms with Gasteiger partial charge in [0.05, 0.1) is 10.6 Å². The largest absolute Gasteiger partial charge is 0.355 e. The van der Waals surface area contributed by atoms with Gasteiger partial charge in [-0.05, 0) is 67.8 Å². The van der Waals surface area contributed by atoms with E-state index in [9.17, 15) is 22.4 Å². The van der Waals surface area contributed by atoms with Crippen molar-refractivity contribution in [3.05, 3.63) is 95.8 Å². The Morgan fingerprint density at radius 3 is 2.22 bits per heavy atom. The molecule has 3 aromatic rings. The maximum Gasteiger partial charge on any atom is 0.264 e. The molecule has 0 spiro atoms. The van der Waals surface area contributed by atoms with Gasteiger partial charge in [-0.2, -0.15) is 0 Å². The van der Waals surface area contributed by atoms with Gasteiger partial charge in [0.2, 0.25) is 11.8 Å². The normalized spacial score (nSPS) is 12.0. The van der Waals surface area contributed by atoms with Crippen LogP contribution in [0.5, 0.6) is 0 Å². The van der Waals surface area contributed by atoms with E-state index < -0.39 is 34.3 Å². The quantitative estimate of drug-likeness (QED) is 0.405. The number of hydrogen-bond acceptors (Lipinski definition) is 4. The number of anilines is 1. The van der Waals surface area contributed by atoms with Gasteiger partial charge in [-0.25, -0.2) is 12.8 Å². The van der Waals surface area contributed by atoms with Crippen LogP contribution in [-0.2, 0) is 26.2 Å². The minimum absolute atomic E-state index is 0.0157. The number of carbonyl (C=O) groups excluding carboxylic acids is 2. The average molecular weight is 526 g/mol. The zero-order valence-corrected chi connectivity index (χ0v) is 22.0. The van der Waals surface area contributed by atoms with Crippen LogP contribution in [0, 0.1) is 12.7 Å². The highest BCUT2D eigenvalue weighted by Gasteiger charge is 2.33. The molecule has 9 heteroatoms.